The Morgan fingerprint density at radius 1 is 1.20 bits per heavy atom. The second-order valence-electron chi connectivity index (χ2n) is 4.03. The maximum Gasteiger partial charge on any atom is 0.102 e. The van der Waals surface area contributed by atoms with Crippen LogP contribution >= 0.6 is 0 Å². The molecule has 0 spiro atoms. The van der Waals surface area contributed by atoms with Gasteiger partial charge in [-0.3, -0.25) is 0 Å². The Hall–Kier alpha value is -1.75. The van der Waals surface area contributed by atoms with E-state index in [1.165, 1.54) is 16.6 Å². The summed E-state index contributed by atoms with van der Waals surface area (Å²) in [6.07, 6.45) is 0. The summed E-state index contributed by atoms with van der Waals surface area (Å²) < 4.78 is 2.11. The molecule has 76 valence electrons. The molecule has 0 atom stereocenters. The third-order valence-electron chi connectivity index (χ3n) is 3.28. The van der Waals surface area contributed by atoms with E-state index in [9.17, 15) is 0 Å². The quantitative estimate of drug-likeness (QED) is 0.639. The van der Waals surface area contributed by atoms with Gasteiger partial charge in [0.2, 0.25) is 0 Å². The van der Waals surface area contributed by atoms with E-state index in [0.29, 0.717) is 0 Å². The highest BCUT2D eigenvalue weighted by Gasteiger charge is 2.13. The lowest BCUT2D eigenvalue weighted by molar-refractivity contribution is 0.910. The molecular formula is C13H14N2. The minimum absolute atomic E-state index is 0.801. The molecule has 0 aliphatic heterocycles. The molecule has 0 amide bonds. The van der Waals surface area contributed by atoms with Gasteiger partial charge < -0.3 is 4.57 Å². The number of hydrogen-bond acceptors (Lipinski definition) is 1. The van der Waals surface area contributed by atoms with Gasteiger partial charge in [-0.05, 0) is 31.9 Å². The first kappa shape index (κ1) is 9.79. The van der Waals surface area contributed by atoms with E-state index in [1.54, 1.807) is 0 Å². The zero-order chi connectivity index (χ0) is 11.2. The number of nitrogens with zero attached hydrogens (tertiary/aromatic N) is 2. The summed E-state index contributed by atoms with van der Waals surface area (Å²) >= 11 is 0. The van der Waals surface area contributed by atoms with E-state index < -0.39 is 0 Å². The fourth-order valence-corrected chi connectivity index (χ4v) is 2.11. The standard InChI is InChI=1S/C13H14N2/c1-8-5-6-11-12(7-14)10(3)15(4)13(11)9(8)2/h5-6H,1-4H3. The number of benzene rings is 1. The monoisotopic (exact) mass is 198 g/mol. The number of aryl methyl sites for hydroxylation is 3. The second kappa shape index (κ2) is 3.13. The summed E-state index contributed by atoms with van der Waals surface area (Å²) in [6, 6.07) is 6.41. The number of nitriles is 1. The van der Waals surface area contributed by atoms with Crippen molar-refractivity contribution in [1.29, 1.82) is 5.26 Å². The van der Waals surface area contributed by atoms with Gasteiger partial charge in [-0.15, -0.1) is 0 Å². The van der Waals surface area contributed by atoms with Gasteiger partial charge >= 0.3 is 0 Å². The van der Waals surface area contributed by atoms with E-state index in [1.807, 2.05) is 20.0 Å². The van der Waals surface area contributed by atoms with Crippen LogP contribution in [0.4, 0.5) is 0 Å². The molecule has 0 radical (unpaired) electrons. The van der Waals surface area contributed by atoms with E-state index in [2.05, 4.69) is 30.6 Å². The average Bonchev–Trinajstić information content (AvgIpc) is 2.46. The van der Waals surface area contributed by atoms with Crippen LogP contribution < -0.4 is 0 Å². The molecule has 2 nitrogen and oxygen atoms in total. The lowest BCUT2D eigenvalue weighted by Gasteiger charge is -2.04. The molecule has 0 aliphatic carbocycles. The molecule has 1 aromatic carbocycles. The van der Waals surface area contributed by atoms with Gasteiger partial charge in [0.1, 0.15) is 6.07 Å². The Morgan fingerprint density at radius 3 is 2.47 bits per heavy atom. The Bertz CT molecular complexity index is 583. The van der Waals surface area contributed by atoms with Crippen LogP contribution in [0.1, 0.15) is 22.4 Å². The van der Waals surface area contributed by atoms with E-state index in [4.69, 9.17) is 5.26 Å². The Labute approximate surface area is 89.7 Å². The molecule has 0 N–H and O–H groups in total. The van der Waals surface area contributed by atoms with Gasteiger partial charge in [-0.2, -0.15) is 5.26 Å². The maximum atomic E-state index is 9.13. The van der Waals surface area contributed by atoms with E-state index >= 15 is 0 Å². The van der Waals surface area contributed by atoms with Crippen molar-refractivity contribution in [3.8, 4) is 6.07 Å². The van der Waals surface area contributed by atoms with Crippen molar-refractivity contribution >= 4 is 10.9 Å². The molecule has 0 aliphatic rings. The highest BCUT2D eigenvalue weighted by molar-refractivity contribution is 5.91. The molecule has 15 heavy (non-hydrogen) atoms. The number of hydrogen-bond donors (Lipinski definition) is 0. The summed E-state index contributed by atoms with van der Waals surface area (Å²) in [5.41, 5.74) is 5.56. The van der Waals surface area contributed by atoms with Gasteiger partial charge in [0.15, 0.2) is 0 Å². The van der Waals surface area contributed by atoms with Gasteiger partial charge in [0.05, 0.1) is 11.1 Å². The molecule has 1 aromatic heterocycles. The largest absolute Gasteiger partial charge is 0.346 e. The van der Waals surface area contributed by atoms with Crippen molar-refractivity contribution < 1.29 is 0 Å². The van der Waals surface area contributed by atoms with E-state index in [-0.39, 0.29) is 0 Å². The average molecular weight is 198 g/mol. The third-order valence-corrected chi connectivity index (χ3v) is 3.28. The molecule has 0 fully saturated rings. The molecule has 0 saturated carbocycles. The summed E-state index contributed by atoms with van der Waals surface area (Å²) in [7, 11) is 2.02. The first-order valence-electron chi connectivity index (χ1n) is 5.03. The first-order valence-corrected chi connectivity index (χ1v) is 5.03. The molecule has 2 aromatic rings. The zero-order valence-electron chi connectivity index (χ0n) is 9.55. The minimum atomic E-state index is 0.801. The highest BCUT2D eigenvalue weighted by atomic mass is 14.9. The Kier molecular flexibility index (Phi) is 2.04. The highest BCUT2D eigenvalue weighted by Crippen LogP contribution is 2.28. The van der Waals surface area contributed by atoms with Crippen molar-refractivity contribution in [2.45, 2.75) is 20.8 Å². The number of aromatic nitrogens is 1. The second-order valence-corrected chi connectivity index (χ2v) is 4.03. The summed E-state index contributed by atoms with van der Waals surface area (Å²) in [4.78, 5) is 0. The lowest BCUT2D eigenvalue weighted by atomic mass is 10.0. The predicted octanol–water partition coefficient (Wildman–Crippen LogP) is 2.98. The van der Waals surface area contributed by atoms with Crippen LogP contribution in [0.15, 0.2) is 12.1 Å². The van der Waals surface area contributed by atoms with Crippen molar-refractivity contribution in [3.05, 3.63) is 34.5 Å². The van der Waals surface area contributed by atoms with Crippen molar-refractivity contribution in [2.24, 2.45) is 7.05 Å². The normalized spacial score (nSPS) is 10.6. The summed E-state index contributed by atoms with van der Waals surface area (Å²) in [5.74, 6) is 0. The van der Waals surface area contributed by atoms with Crippen LogP contribution in [0.3, 0.4) is 0 Å². The minimum Gasteiger partial charge on any atom is -0.346 e. The van der Waals surface area contributed by atoms with Crippen LogP contribution in [0, 0.1) is 32.1 Å². The molecule has 2 heteroatoms. The molecule has 0 saturated heterocycles. The maximum absolute atomic E-state index is 9.13. The molecule has 0 unspecified atom stereocenters. The third kappa shape index (κ3) is 1.16. The number of rotatable bonds is 0. The molecule has 0 bridgehead atoms. The Balaban J connectivity index is 3.05. The topological polar surface area (TPSA) is 28.7 Å². The fraction of sp³-hybridized carbons (Fsp3) is 0.308. The number of fused-ring (bicyclic) bond motifs is 1. The van der Waals surface area contributed by atoms with Gasteiger partial charge in [-0.1, -0.05) is 12.1 Å². The lowest BCUT2D eigenvalue weighted by Crippen LogP contribution is -1.93. The van der Waals surface area contributed by atoms with Gasteiger partial charge in [-0.25, -0.2) is 0 Å². The molecule has 2 rings (SSSR count). The van der Waals surface area contributed by atoms with Gasteiger partial charge in [0.25, 0.3) is 0 Å². The van der Waals surface area contributed by atoms with Crippen LogP contribution in [-0.4, -0.2) is 4.57 Å². The van der Waals surface area contributed by atoms with Crippen molar-refractivity contribution in [1.82, 2.24) is 4.57 Å². The SMILES string of the molecule is Cc1ccc2c(C#N)c(C)n(C)c2c1C. The summed E-state index contributed by atoms with van der Waals surface area (Å²) in [5, 5.41) is 10.2. The predicted molar refractivity (Wildman–Crippen MR) is 61.8 cm³/mol. The molecule has 1 heterocycles. The van der Waals surface area contributed by atoms with Crippen LogP contribution in [-0.2, 0) is 7.05 Å². The zero-order valence-corrected chi connectivity index (χ0v) is 9.55. The Morgan fingerprint density at radius 2 is 1.87 bits per heavy atom. The van der Waals surface area contributed by atoms with Crippen LogP contribution in [0.5, 0.6) is 0 Å². The van der Waals surface area contributed by atoms with E-state index in [0.717, 1.165) is 16.6 Å². The first-order chi connectivity index (χ1) is 7.07. The van der Waals surface area contributed by atoms with Gasteiger partial charge in [0, 0.05) is 18.1 Å². The van der Waals surface area contributed by atoms with Crippen molar-refractivity contribution in [3.63, 3.8) is 0 Å². The summed E-state index contributed by atoms with van der Waals surface area (Å²) in [6.45, 7) is 6.20. The van der Waals surface area contributed by atoms with Crippen LogP contribution in [0.2, 0.25) is 0 Å². The van der Waals surface area contributed by atoms with Crippen LogP contribution in [0.25, 0.3) is 10.9 Å². The fourth-order valence-electron chi connectivity index (χ4n) is 2.11. The van der Waals surface area contributed by atoms with Crippen molar-refractivity contribution in [2.75, 3.05) is 0 Å². The smallest absolute Gasteiger partial charge is 0.102 e. The molecular weight excluding hydrogens is 184 g/mol.